The van der Waals surface area contributed by atoms with E-state index in [1.54, 1.807) is 6.21 Å². The first kappa shape index (κ1) is 16.2. The van der Waals surface area contributed by atoms with Crippen molar-refractivity contribution in [2.24, 2.45) is 5.10 Å². The molecule has 0 bridgehead atoms. The molecule has 0 radical (unpaired) electrons. The molecule has 1 amide bonds. The lowest BCUT2D eigenvalue weighted by Crippen LogP contribution is -2.25. The molecule has 0 aliphatic rings. The molecule has 2 N–H and O–H groups in total. The van der Waals surface area contributed by atoms with Gasteiger partial charge in [-0.1, -0.05) is 58.4 Å². The number of fused-ring (bicyclic) bond motifs is 1. The molecule has 24 heavy (non-hydrogen) atoms. The van der Waals surface area contributed by atoms with Gasteiger partial charge in [0.2, 0.25) is 0 Å². The van der Waals surface area contributed by atoms with Gasteiger partial charge in [0.15, 0.2) is 0 Å². The quantitative estimate of drug-likeness (QED) is 0.514. The number of nitrogens with zero attached hydrogens (tertiary/aromatic N) is 1. The van der Waals surface area contributed by atoms with E-state index in [2.05, 4.69) is 31.8 Å². The number of rotatable bonds is 5. The Balaban J connectivity index is 1.57. The number of carbonyl (C=O) groups excluding carboxylic acids is 1. The number of benzene rings is 3. The lowest BCUT2D eigenvalue weighted by molar-refractivity contribution is -0.119. The fourth-order valence-corrected chi connectivity index (χ4v) is 2.59. The summed E-state index contributed by atoms with van der Waals surface area (Å²) in [4.78, 5) is 11.8. The molecule has 0 aromatic heterocycles. The molecule has 4 nitrogen and oxygen atoms in total. The van der Waals surface area contributed by atoms with Crippen LogP contribution in [0.15, 0.2) is 76.3 Å². The van der Waals surface area contributed by atoms with Crippen LogP contribution in [-0.2, 0) is 4.79 Å². The maximum absolute atomic E-state index is 11.8. The van der Waals surface area contributed by atoms with Crippen molar-refractivity contribution < 1.29 is 4.79 Å². The third-order valence-corrected chi connectivity index (χ3v) is 4.04. The first-order valence-electron chi connectivity index (χ1n) is 7.51. The molecule has 0 saturated heterocycles. The molecule has 0 aliphatic carbocycles. The highest BCUT2D eigenvalue weighted by atomic mass is 79.9. The average molecular weight is 382 g/mol. The highest BCUT2D eigenvalue weighted by Crippen LogP contribution is 2.16. The largest absolute Gasteiger partial charge is 0.376 e. The van der Waals surface area contributed by atoms with E-state index in [0.717, 1.165) is 26.5 Å². The van der Waals surface area contributed by atoms with Crippen molar-refractivity contribution >= 4 is 44.5 Å². The lowest BCUT2D eigenvalue weighted by Gasteiger charge is -2.05. The first-order chi connectivity index (χ1) is 11.7. The Morgan fingerprint density at radius 3 is 2.58 bits per heavy atom. The molecule has 120 valence electrons. The van der Waals surface area contributed by atoms with Crippen LogP contribution in [0.3, 0.4) is 0 Å². The number of halogens is 1. The number of hydrazone groups is 1. The van der Waals surface area contributed by atoms with Crippen molar-refractivity contribution in [1.82, 2.24) is 5.43 Å². The summed E-state index contributed by atoms with van der Waals surface area (Å²) in [7, 11) is 0. The molecule has 0 fully saturated rings. The van der Waals surface area contributed by atoms with E-state index < -0.39 is 0 Å². The Morgan fingerprint density at radius 1 is 1.00 bits per heavy atom. The second-order valence-corrected chi connectivity index (χ2v) is 6.14. The highest BCUT2D eigenvalue weighted by Gasteiger charge is 2.00. The topological polar surface area (TPSA) is 53.5 Å². The van der Waals surface area contributed by atoms with Crippen molar-refractivity contribution in [3.63, 3.8) is 0 Å². The van der Waals surface area contributed by atoms with E-state index in [4.69, 9.17) is 0 Å². The van der Waals surface area contributed by atoms with Gasteiger partial charge in [0, 0.05) is 15.7 Å². The minimum Gasteiger partial charge on any atom is -0.376 e. The summed E-state index contributed by atoms with van der Waals surface area (Å²) in [6.07, 6.45) is 1.67. The second-order valence-electron chi connectivity index (χ2n) is 5.22. The van der Waals surface area contributed by atoms with E-state index in [1.165, 1.54) is 0 Å². The van der Waals surface area contributed by atoms with Crippen LogP contribution in [0, 0.1) is 0 Å². The van der Waals surface area contributed by atoms with Gasteiger partial charge in [0.25, 0.3) is 5.91 Å². The van der Waals surface area contributed by atoms with E-state index in [9.17, 15) is 4.79 Å². The van der Waals surface area contributed by atoms with Gasteiger partial charge in [-0.2, -0.15) is 5.10 Å². The van der Waals surface area contributed by atoms with Crippen molar-refractivity contribution in [1.29, 1.82) is 0 Å². The maximum Gasteiger partial charge on any atom is 0.259 e. The van der Waals surface area contributed by atoms with Crippen LogP contribution < -0.4 is 10.7 Å². The van der Waals surface area contributed by atoms with E-state index >= 15 is 0 Å². The van der Waals surface area contributed by atoms with Gasteiger partial charge in [-0.3, -0.25) is 4.79 Å². The Labute approximate surface area is 148 Å². The zero-order chi connectivity index (χ0) is 16.8. The molecule has 0 saturated carbocycles. The summed E-state index contributed by atoms with van der Waals surface area (Å²) in [5.41, 5.74) is 4.38. The summed E-state index contributed by atoms with van der Waals surface area (Å²) in [6, 6.07) is 21.7. The van der Waals surface area contributed by atoms with Crippen LogP contribution in [0.1, 0.15) is 5.56 Å². The average Bonchev–Trinajstić information content (AvgIpc) is 2.61. The summed E-state index contributed by atoms with van der Waals surface area (Å²) >= 11 is 3.37. The Morgan fingerprint density at radius 2 is 1.75 bits per heavy atom. The zero-order valence-electron chi connectivity index (χ0n) is 12.9. The van der Waals surface area contributed by atoms with Gasteiger partial charge < -0.3 is 5.32 Å². The number of carbonyl (C=O) groups is 1. The van der Waals surface area contributed by atoms with Gasteiger partial charge >= 0.3 is 0 Å². The van der Waals surface area contributed by atoms with Crippen LogP contribution >= 0.6 is 15.9 Å². The van der Waals surface area contributed by atoms with Gasteiger partial charge in [0.1, 0.15) is 0 Å². The van der Waals surface area contributed by atoms with E-state index in [-0.39, 0.29) is 12.5 Å². The minimum atomic E-state index is -0.200. The minimum absolute atomic E-state index is 0.161. The SMILES string of the molecule is O=C(CNc1ccc(Br)cc1)N/N=C\c1cccc2ccccc12. The number of hydrogen-bond donors (Lipinski definition) is 2. The third-order valence-electron chi connectivity index (χ3n) is 3.51. The van der Waals surface area contributed by atoms with E-state index in [0.29, 0.717) is 0 Å². The number of amides is 1. The zero-order valence-corrected chi connectivity index (χ0v) is 14.5. The molecule has 0 unspecified atom stereocenters. The van der Waals surface area contributed by atoms with Crippen molar-refractivity contribution in [2.45, 2.75) is 0 Å². The summed E-state index contributed by atoms with van der Waals surface area (Å²) in [6.45, 7) is 0.161. The van der Waals surface area contributed by atoms with Crippen LogP contribution in [0.4, 0.5) is 5.69 Å². The normalized spacial score (nSPS) is 10.9. The Hall–Kier alpha value is -2.66. The molecule has 0 spiro atoms. The first-order valence-corrected chi connectivity index (χ1v) is 8.31. The van der Waals surface area contributed by atoms with Crippen LogP contribution in [0.2, 0.25) is 0 Å². The van der Waals surface area contributed by atoms with Gasteiger partial charge in [-0.15, -0.1) is 0 Å². The van der Waals surface area contributed by atoms with Gasteiger partial charge in [0.05, 0.1) is 12.8 Å². The fraction of sp³-hybridized carbons (Fsp3) is 0.0526. The molecular formula is C19H16BrN3O. The number of anilines is 1. The second kappa shape index (κ2) is 7.75. The van der Waals surface area contributed by atoms with Crippen LogP contribution in [0.25, 0.3) is 10.8 Å². The third kappa shape index (κ3) is 4.20. The smallest absolute Gasteiger partial charge is 0.259 e. The highest BCUT2D eigenvalue weighted by molar-refractivity contribution is 9.10. The van der Waals surface area contributed by atoms with Crippen LogP contribution in [-0.4, -0.2) is 18.7 Å². The molecule has 3 rings (SSSR count). The predicted octanol–water partition coefficient (Wildman–Crippen LogP) is 4.16. The summed E-state index contributed by atoms with van der Waals surface area (Å²) in [5, 5.41) is 9.34. The Kier molecular flexibility index (Phi) is 5.23. The van der Waals surface area contributed by atoms with Crippen molar-refractivity contribution in [2.75, 3.05) is 11.9 Å². The molecule has 0 heterocycles. The molecule has 3 aromatic carbocycles. The molecule has 3 aromatic rings. The lowest BCUT2D eigenvalue weighted by atomic mass is 10.1. The molecular weight excluding hydrogens is 366 g/mol. The monoisotopic (exact) mass is 381 g/mol. The van der Waals surface area contributed by atoms with Gasteiger partial charge in [-0.05, 0) is 35.0 Å². The summed E-state index contributed by atoms with van der Waals surface area (Å²) in [5.74, 6) is -0.200. The standard InChI is InChI=1S/C19H16BrN3O/c20-16-8-10-17(11-9-16)21-13-19(24)23-22-12-15-6-3-5-14-4-1-2-7-18(14)15/h1-12,21H,13H2,(H,23,24)/b22-12-. The summed E-state index contributed by atoms with van der Waals surface area (Å²) < 4.78 is 0.997. The van der Waals surface area contributed by atoms with Gasteiger partial charge in [-0.25, -0.2) is 5.43 Å². The molecule has 0 atom stereocenters. The van der Waals surface area contributed by atoms with Crippen LogP contribution in [0.5, 0.6) is 0 Å². The fourth-order valence-electron chi connectivity index (χ4n) is 2.33. The van der Waals surface area contributed by atoms with Crippen molar-refractivity contribution in [3.05, 3.63) is 76.8 Å². The molecule has 0 aliphatic heterocycles. The van der Waals surface area contributed by atoms with E-state index in [1.807, 2.05) is 66.7 Å². The molecule has 5 heteroatoms. The number of nitrogens with one attached hydrogen (secondary N) is 2. The maximum atomic E-state index is 11.8. The Bertz CT molecular complexity index is 870. The van der Waals surface area contributed by atoms with Crippen molar-refractivity contribution in [3.8, 4) is 0 Å². The predicted molar refractivity (Wildman–Crippen MR) is 102 cm³/mol. The number of hydrogen-bond acceptors (Lipinski definition) is 3.